The Kier molecular flexibility index (Phi) is 4.44. The number of H-pyrrole nitrogens is 1. The van der Waals surface area contributed by atoms with Crippen LogP contribution in [0.4, 0.5) is 5.82 Å². The predicted molar refractivity (Wildman–Crippen MR) is 91.7 cm³/mol. The van der Waals surface area contributed by atoms with E-state index in [1.165, 1.54) is 0 Å². The largest absolute Gasteiger partial charge is 0.481 e. The summed E-state index contributed by atoms with van der Waals surface area (Å²) >= 11 is 0. The second-order valence-corrected chi connectivity index (χ2v) is 5.46. The monoisotopic (exact) mass is 334 g/mol. The van der Waals surface area contributed by atoms with E-state index in [-0.39, 0.29) is 12.8 Å². The molecule has 1 amide bonds. The minimum Gasteiger partial charge on any atom is -0.481 e. The summed E-state index contributed by atoms with van der Waals surface area (Å²) in [5.74, 6) is -1.04. The van der Waals surface area contributed by atoms with Crippen LogP contribution in [-0.2, 0) is 9.59 Å². The topological polar surface area (TPSA) is 119 Å². The normalized spacial score (nSPS) is 10.4. The van der Waals surface area contributed by atoms with Crippen molar-refractivity contribution in [3.8, 4) is 17.2 Å². The van der Waals surface area contributed by atoms with Gasteiger partial charge in [0.05, 0.1) is 23.6 Å². The zero-order valence-electron chi connectivity index (χ0n) is 13.1. The van der Waals surface area contributed by atoms with Gasteiger partial charge in [-0.25, -0.2) is 0 Å². The summed E-state index contributed by atoms with van der Waals surface area (Å²) in [5.41, 5.74) is 3.25. The van der Waals surface area contributed by atoms with Gasteiger partial charge < -0.3 is 10.4 Å². The number of aromatic amines is 1. The molecule has 0 saturated heterocycles. The summed E-state index contributed by atoms with van der Waals surface area (Å²) in [5, 5.41) is 27.8. The molecule has 0 radical (unpaired) electrons. The third kappa shape index (κ3) is 3.64. The number of amides is 1. The molecule has 7 heteroatoms. The second-order valence-electron chi connectivity index (χ2n) is 5.46. The van der Waals surface area contributed by atoms with Gasteiger partial charge in [0.2, 0.25) is 5.91 Å². The lowest BCUT2D eigenvalue weighted by atomic mass is 10.0. The summed E-state index contributed by atoms with van der Waals surface area (Å²) in [4.78, 5) is 22.3. The highest BCUT2D eigenvalue weighted by molar-refractivity contribution is 6.01. The number of aromatic nitrogens is 2. The van der Waals surface area contributed by atoms with Gasteiger partial charge in [0.1, 0.15) is 0 Å². The van der Waals surface area contributed by atoms with E-state index in [0.717, 1.165) is 22.0 Å². The Labute approximate surface area is 142 Å². The standard InChI is InChI=1S/C18H14N4O3/c19-10-11-1-3-12(4-2-11)13-5-6-14-15(9-13)21-22-18(14)20-16(23)7-8-17(24)25/h1-6,9H,7-8H2,(H,24,25)(H2,20,21,22,23). The number of nitriles is 1. The van der Waals surface area contributed by atoms with Crippen molar-refractivity contribution in [2.75, 3.05) is 5.32 Å². The number of anilines is 1. The number of rotatable bonds is 5. The number of benzene rings is 2. The molecule has 7 nitrogen and oxygen atoms in total. The van der Waals surface area contributed by atoms with Gasteiger partial charge in [-0.2, -0.15) is 10.4 Å². The zero-order valence-corrected chi connectivity index (χ0v) is 13.1. The predicted octanol–water partition coefficient (Wildman–Crippen LogP) is 2.90. The smallest absolute Gasteiger partial charge is 0.303 e. The molecule has 25 heavy (non-hydrogen) atoms. The highest BCUT2D eigenvalue weighted by Gasteiger charge is 2.11. The van der Waals surface area contributed by atoms with Crippen LogP contribution in [0.15, 0.2) is 42.5 Å². The molecule has 3 N–H and O–H groups in total. The first-order chi connectivity index (χ1) is 12.1. The maximum atomic E-state index is 11.8. The van der Waals surface area contributed by atoms with E-state index in [2.05, 4.69) is 21.6 Å². The van der Waals surface area contributed by atoms with Crippen molar-refractivity contribution in [1.29, 1.82) is 5.26 Å². The van der Waals surface area contributed by atoms with Crippen LogP contribution in [0.1, 0.15) is 18.4 Å². The molecule has 0 unspecified atom stereocenters. The maximum Gasteiger partial charge on any atom is 0.303 e. The van der Waals surface area contributed by atoms with Crippen LogP contribution in [-0.4, -0.2) is 27.2 Å². The van der Waals surface area contributed by atoms with Crippen LogP contribution >= 0.6 is 0 Å². The summed E-state index contributed by atoms with van der Waals surface area (Å²) in [6.45, 7) is 0. The van der Waals surface area contributed by atoms with Crippen LogP contribution in [0.25, 0.3) is 22.0 Å². The van der Waals surface area contributed by atoms with Crippen molar-refractivity contribution < 1.29 is 14.7 Å². The molecule has 2 aromatic carbocycles. The number of carbonyl (C=O) groups excluding carboxylic acids is 1. The number of carboxylic acids is 1. The molecule has 3 aromatic rings. The van der Waals surface area contributed by atoms with E-state index in [4.69, 9.17) is 10.4 Å². The Morgan fingerprint density at radius 3 is 2.52 bits per heavy atom. The van der Waals surface area contributed by atoms with Crippen LogP contribution < -0.4 is 5.32 Å². The molecule has 0 aliphatic heterocycles. The Morgan fingerprint density at radius 2 is 1.84 bits per heavy atom. The molecule has 0 fully saturated rings. The van der Waals surface area contributed by atoms with E-state index in [9.17, 15) is 9.59 Å². The molecule has 3 rings (SSSR count). The Hall–Kier alpha value is -3.66. The first kappa shape index (κ1) is 16.2. The van der Waals surface area contributed by atoms with Gasteiger partial charge >= 0.3 is 5.97 Å². The minimum atomic E-state index is -1.02. The molecule has 1 aromatic heterocycles. The fourth-order valence-corrected chi connectivity index (χ4v) is 2.45. The highest BCUT2D eigenvalue weighted by atomic mass is 16.4. The Bertz CT molecular complexity index is 984. The van der Waals surface area contributed by atoms with Gasteiger partial charge in [-0.05, 0) is 35.4 Å². The average Bonchev–Trinajstić information content (AvgIpc) is 3.02. The Morgan fingerprint density at radius 1 is 1.12 bits per heavy atom. The van der Waals surface area contributed by atoms with E-state index < -0.39 is 11.9 Å². The van der Waals surface area contributed by atoms with Crippen LogP contribution in [0.3, 0.4) is 0 Å². The van der Waals surface area contributed by atoms with E-state index >= 15 is 0 Å². The van der Waals surface area contributed by atoms with E-state index in [1.54, 1.807) is 12.1 Å². The van der Waals surface area contributed by atoms with Crippen molar-refractivity contribution in [2.45, 2.75) is 12.8 Å². The van der Waals surface area contributed by atoms with Gasteiger partial charge in [0.15, 0.2) is 5.82 Å². The minimum absolute atomic E-state index is 0.104. The SMILES string of the molecule is N#Cc1ccc(-c2ccc3c(NC(=O)CCC(=O)O)n[nH]c3c2)cc1. The second kappa shape index (κ2) is 6.84. The number of fused-ring (bicyclic) bond motifs is 1. The van der Waals surface area contributed by atoms with E-state index in [1.807, 2.05) is 30.3 Å². The van der Waals surface area contributed by atoms with Gasteiger partial charge in [-0.3, -0.25) is 14.7 Å². The molecule has 1 heterocycles. The van der Waals surface area contributed by atoms with Crippen LogP contribution in [0, 0.1) is 11.3 Å². The molecule has 0 spiro atoms. The summed E-state index contributed by atoms with van der Waals surface area (Å²) in [6.07, 6.45) is -0.329. The number of carboxylic acid groups (broad SMARTS) is 1. The number of nitrogens with zero attached hydrogens (tertiary/aromatic N) is 2. The molecule has 124 valence electrons. The molecular formula is C18H14N4O3. The quantitative estimate of drug-likeness (QED) is 0.663. The van der Waals surface area contributed by atoms with Crippen molar-refractivity contribution in [2.24, 2.45) is 0 Å². The Balaban J connectivity index is 1.82. The molecule has 0 aliphatic carbocycles. The lowest BCUT2D eigenvalue weighted by molar-refractivity contribution is -0.138. The third-order valence-electron chi connectivity index (χ3n) is 3.73. The van der Waals surface area contributed by atoms with Crippen molar-refractivity contribution in [3.05, 3.63) is 48.0 Å². The fourth-order valence-electron chi connectivity index (χ4n) is 2.45. The van der Waals surface area contributed by atoms with Crippen molar-refractivity contribution in [3.63, 3.8) is 0 Å². The number of aliphatic carboxylic acids is 1. The first-order valence-electron chi connectivity index (χ1n) is 7.57. The molecular weight excluding hydrogens is 320 g/mol. The number of carbonyl (C=O) groups is 2. The van der Waals surface area contributed by atoms with Gasteiger partial charge in [-0.1, -0.05) is 18.2 Å². The number of hydrogen-bond donors (Lipinski definition) is 3. The van der Waals surface area contributed by atoms with Crippen molar-refractivity contribution in [1.82, 2.24) is 10.2 Å². The summed E-state index contributed by atoms with van der Waals surface area (Å²) in [6, 6.07) is 14.9. The number of hydrogen-bond acceptors (Lipinski definition) is 4. The fraction of sp³-hybridized carbons (Fsp3) is 0.111. The maximum absolute atomic E-state index is 11.8. The lowest BCUT2D eigenvalue weighted by Gasteiger charge is -2.03. The molecule has 0 atom stereocenters. The molecule has 0 saturated carbocycles. The van der Waals surface area contributed by atoms with E-state index in [0.29, 0.717) is 11.4 Å². The summed E-state index contributed by atoms with van der Waals surface area (Å²) < 4.78 is 0. The lowest BCUT2D eigenvalue weighted by Crippen LogP contribution is -2.13. The zero-order chi connectivity index (χ0) is 17.8. The average molecular weight is 334 g/mol. The number of nitrogens with one attached hydrogen (secondary N) is 2. The summed E-state index contributed by atoms with van der Waals surface area (Å²) in [7, 11) is 0. The first-order valence-corrected chi connectivity index (χ1v) is 7.57. The van der Waals surface area contributed by atoms with Crippen LogP contribution in [0.5, 0.6) is 0 Å². The highest BCUT2D eigenvalue weighted by Crippen LogP contribution is 2.27. The van der Waals surface area contributed by atoms with Gasteiger partial charge in [0.25, 0.3) is 0 Å². The van der Waals surface area contributed by atoms with Gasteiger partial charge in [-0.15, -0.1) is 0 Å². The molecule has 0 bridgehead atoms. The van der Waals surface area contributed by atoms with Crippen LogP contribution in [0.2, 0.25) is 0 Å². The molecule has 0 aliphatic rings. The van der Waals surface area contributed by atoms with Gasteiger partial charge in [0, 0.05) is 11.8 Å². The van der Waals surface area contributed by atoms with Crippen molar-refractivity contribution >= 4 is 28.6 Å². The third-order valence-corrected chi connectivity index (χ3v) is 3.73.